The Hall–Kier alpha value is -0.940. The number of unbranched alkanes of at least 4 members (excludes halogenated alkanes) is 1. The van der Waals surface area contributed by atoms with Gasteiger partial charge in [0.1, 0.15) is 0 Å². The molecule has 1 fully saturated rings. The molecule has 158 valence electrons. The van der Waals surface area contributed by atoms with E-state index in [0.717, 1.165) is 45.1 Å². The summed E-state index contributed by atoms with van der Waals surface area (Å²) in [5, 5.41) is 9.00. The fourth-order valence-corrected chi connectivity index (χ4v) is 4.72. The molecule has 0 aromatic heterocycles. The topological polar surface area (TPSA) is 64.7 Å². The molecule has 1 aromatic rings. The summed E-state index contributed by atoms with van der Waals surface area (Å²) < 4.78 is 12.1. The summed E-state index contributed by atoms with van der Waals surface area (Å²) in [7, 11) is 0. The molecule has 0 bridgehead atoms. The summed E-state index contributed by atoms with van der Waals surface area (Å²) in [6.07, 6.45) is 13.4. The summed E-state index contributed by atoms with van der Waals surface area (Å²) in [6, 6.07) is 6.91. The normalized spacial score (nSPS) is 21.4. The Kier molecular flexibility index (Phi) is 9.26. The maximum atomic E-state index is 9.00. The van der Waals surface area contributed by atoms with Crippen molar-refractivity contribution in [1.29, 1.82) is 0 Å². The summed E-state index contributed by atoms with van der Waals surface area (Å²) in [6.45, 7) is 2.40. The molecule has 28 heavy (non-hydrogen) atoms. The van der Waals surface area contributed by atoms with Crippen LogP contribution in [0.25, 0.3) is 0 Å². The van der Waals surface area contributed by atoms with Gasteiger partial charge in [0.25, 0.3) is 0 Å². The summed E-state index contributed by atoms with van der Waals surface area (Å²) >= 11 is 0. The molecule has 0 heterocycles. The second kappa shape index (κ2) is 11.9. The van der Waals surface area contributed by atoms with Gasteiger partial charge in [0, 0.05) is 6.61 Å². The number of hydrogen-bond donors (Lipinski definition) is 2. The molecule has 0 radical (unpaired) electrons. The fourth-order valence-electron chi connectivity index (χ4n) is 4.72. The lowest BCUT2D eigenvalue weighted by molar-refractivity contribution is -0.0346. The number of hydrogen-bond acceptors (Lipinski definition) is 4. The molecule has 0 unspecified atom stereocenters. The third-order valence-corrected chi connectivity index (χ3v) is 6.47. The van der Waals surface area contributed by atoms with Crippen LogP contribution in [0, 0.1) is 0 Å². The van der Waals surface area contributed by atoms with Gasteiger partial charge in [0.2, 0.25) is 0 Å². The van der Waals surface area contributed by atoms with Crippen LogP contribution in [0.2, 0.25) is 0 Å². The fraction of sp³-hybridized carbons (Fsp3) is 0.750. The van der Waals surface area contributed by atoms with E-state index in [9.17, 15) is 0 Å². The smallest absolute Gasteiger partial charge is 0.0704 e. The van der Waals surface area contributed by atoms with Crippen molar-refractivity contribution in [3.8, 4) is 0 Å². The molecule has 2 aliphatic carbocycles. The van der Waals surface area contributed by atoms with Crippen molar-refractivity contribution >= 4 is 0 Å². The SMILES string of the molecule is NC[C@H](CCCCO)c1ccc2c(c1)CC[C@H](OCCOC1CCCCC1)C2. The van der Waals surface area contributed by atoms with Crippen LogP contribution in [-0.4, -0.2) is 43.7 Å². The highest BCUT2D eigenvalue weighted by Crippen LogP contribution is 2.29. The van der Waals surface area contributed by atoms with Gasteiger partial charge in [-0.3, -0.25) is 0 Å². The van der Waals surface area contributed by atoms with Crippen molar-refractivity contribution in [1.82, 2.24) is 0 Å². The number of ether oxygens (including phenoxy) is 2. The van der Waals surface area contributed by atoms with Crippen molar-refractivity contribution < 1.29 is 14.6 Å². The molecular weight excluding hydrogens is 350 g/mol. The number of benzene rings is 1. The maximum absolute atomic E-state index is 9.00. The van der Waals surface area contributed by atoms with E-state index in [1.165, 1.54) is 48.8 Å². The molecule has 3 N–H and O–H groups in total. The highest BCUT2D eigenvalue weighted by molar-refractivity contribution is 5.36. The van der Waals surface area contributed by atoms with Crippen molar-refractivity contribution in [3.63, 3.8) is 0 Å². The summed E-state index contributed by atoms with van der Waals surface area (Å²) in [5.74, 6) is 0.405. The van der Waals surface area contributed by atoms with Crippen molar-refractivity contribution in [2.75, 3.05) is 26.4 Å². The zero-order chi connectivity index (χ0) is 19.6. The zero-order valence-electron chi connectivity index (χ0n) is 17.4. The van der Waals surface area contributed by atoms with Gasteiger partial charge in [-0.25, -0.2) is 0 Å². The van der Waals surface area contributed by atoms with E-state index in [4.69, 9.17) is 20.3 Å². The molecule has 1 saturated carbocycles. The molecular formula is C24H39NO3. The molecule has 4 heteroatoms. The lowest BCUT2D eigenvalue weighted by Crippen LogP contribution is -2.26. The van der Waals surface area contributed by atoms with E-state index in [1.807, 2.05) is 0 Å². The number of fused-ring (bicyclic) bond motifs is 1. The Morgan fingerprint density at radius 1 is 0.964 bits per heavy atom. The number of nitrogens with two attached hydrogens (primary N) is 1. The Morgan fingerprint density at radius 3 is 2.50 bits per heavy atom. The maximum Gasteiger partial charge on any atom is 0.0704 e. The van der Waals surface area contributed by atoms with Crippen LogP contribution in [0.15, 0.2) is 18.2 Å². The minimum atomic E-state index is 0.272. The minimum Gasteiger partial charge on any atom is -0.396 e. The van der Waals surface area contributed by atoms with Crippen LogP contribution in [-0.2, 0) is 22.3 Å². The first kappa shape index (κ1) is 21.8. The van der Waals surface area contributed by atoms with E-state index in [1.54, 1.807) is 0 Å². The van der Waals surface area contributed by atoms with Crippen LogP contribution < -0.4 is 5.73 Å². The first-order valence-electron chi connectivity index (χ1n) is 11.5. The Bertz CT molecular complexity index is 571. The average molecular weight is 390 g/mol. The van der Waals surface area contributed by atoms with Crippen LogP contribution in [0.5, 0.6) is 0 Å². The van der Waals surface area contributed by atoms with E-state index < -0.39 is 0 Å². The molecule has 0 spiro atoms. The highest BCUT2D eigenvalue weighted by atomic mass is 16.5. The highest BCUT2D eigenvalue weighted by Gasteiger charge is 2.21. The van der Waals surface area contributed by atoms with Gasteiger partial charge in [0.15, 0.2) is 0 Å². The van der Waals surface area contributed by atoms with Crippen LogP contribution in [0.4, 0.5) is 0 Å². The van der Waals surface area contributed by atoms with Crippen LogP contribution in [0.1, 0.15) is 80.4 Å². The van der Waals surface area contributed by atoms with Gasteiger partial charge >= 0.3 is 0 Å². The van der Waals surface area contributed by atoms with Gasteiger partial charge in [-0.2, -0.15) is 0 Å². The van der Waals surface area contributed by atoms with Gasteiger partial charge in [-0.05, 0) is 74.1 Å². The van der Waals surface area contributed by atoms with Gasteiger partial charge in [-0.15, -0.1) is 0 Å². The second-order valence-electron chi connectivity index (χ2n) is 8.55. The monoisotopic (exact) mass is 389 g/mol. The molecule has 0 aliphatic heterocycles. The average Bonchev–Trinajstić information content (AvgIpc) is 2.75. The Balaban J connectivity index is 1.43. The Morgan fingerprint density at radius 2 is 1.75 bits per heavy atom. The lowest BCUT2D eigenvalue weighted by atomic mass is 9.85. The predicted molar refractivity (Wildman–Crippen MR) is 114 cm³/mol. The zero-order valence-corrected chi connectivity index (χ0v) is 17.4. The largest absolute Gasteiger partial charge is 0.396 e. The molecule has 0 saturated heterocycles. The van der Waals surface area contributed by atoms with Crippen molar-refractivity contribution in [2.45, 2.75) is 88.8 Å². The third kappa shape index (κ3) is 6.55. The first-order valence-corrected chi connectivity index (χ1v) is 11.5. The van der Waals surface area contributed by atoms with Crippen molar-refractivity contribution in [3.05, 3.63) is 34.9 Å². The van der Waals surface area contributed by atoms with E-state index in [-0.39, 0.29) is 6.61 Å². The third-order valence-electron chi connectivity index (χ3n) is 6.47. The predicted octanol–water partition coefficient (Wildman–Crippen LogP) is 4.11. The number of rotatable bonds is 11. The molecule has 1 aromatic carbocycles. The molecule has 3 rings (SSSR count). The number of aliphatic hydroxyl groups is 1. The molecule has 4 nitrogen and oxygen atoms in total. The van der Waals surface area contributed by atoms with Gasteiger partial charge in [0.05, 0.1) is 25.4 Å². The first-order chi connectivity index (χ1) is 13.8. The molecule has 0 amide bonds. The standard InChI is InChI=1S/C24H39NO3/c25-18-22(6-4-5-13-26)20-9-10-21-17-24(12-11-19(21)16-20)28-15-14-27-23-7-2-1-3-8-23/h9-10,16,22-24,26H,1-8,11-15,17-18,25H2/t22-,24-/m0/s1. The summed E-state index contributed by atoms with van der Waals surface area (Å²) in [4.78, 5) is 0. The number of aryl methyl sites for hydroxylation is 1. The van der Waals surface area contributed by atoms with Crippen molar-refractivity contribution in [2.24, 2.45) is 5.73 Å². The summed E-state index contributed by atoms with van der Waals surface area (Å²) in [5.41, 5.74) is 10.3. The Labute approximate surface area is 170 Å². The lowest BCUT2D eigenvalue weighted by Gasteiger charge is -2.27. The van der Waals surface area contributed by atoms with E-state index in [2.05, 4.69) is 18.2 Å². The van der Waals surface area contributed by atoms with Crippen LogP contribution in [0.3, 0.4) is 0 Å². The number of aliphatic hydroxyl groups excluding tert-OH is 1. The second-order valence-corrected chi connectivity index (χ2v) is 8.55. The van der Waals surface area contributed by atoms with Gasteiger partial charge in [-0.1, -0.05) is 43.9 Å². The molecule has 2 atom stereocenters. The molecule has 2 aliphatic rings. The van der Waals surface area contributed by atoms with Crippen LogP contribution >= 0.6 is 0 Å². The quantitative estimate of drug-likeness (QED) is 0.559. The van der Waals surface area contributed by atoms with Gasteiger partial charge < -0.3 is 20.3 Å². The minimum absolute atomic E-state index is 0.272. The van der Waals surface area contributed by atoms with E-state index >= 15 is 0 Å². The van der Waals surface area contributed by atoms with E-state index in [0.29, 0.717) is 31.3 Å².